The maximum atomic E-state index is 12.9. The average Bonchev–Trinajstić information content (AvgIpc) is 3.31. The minimum Gasteiger partial charge on any atom is -0.497 e. The van der Waals surface area contributed by atoms with Crippen LogP contribution in [-0.4, -0.2) is 45.3 Å². The van der Waals surface area contributed by atoms with Gasteiger partial charge in [-0.05, 0) is 44.0 Å². The molecule has 28 heavy (non-hydrogen) atoms. The molecule has 1 fully saturated rings. The van der Waals surface area contributed by atoms with Crippen LogP contribution in [0.5, 0.6) is 5.75 Å². The number of methoxy groups -OCH3 is 1. The zero-order valence-electron chi connectivity index (χ0n) is 15.9. The molecule has 1 aliphatic heterocycles. The van der Waals surface area contributed by atoms with E-state index in [0.717, 1.165) is 31.6 Å². The number of hydrogen-bond acceptors (Lipinski definition) is 6. The first kappa shape index (κ1) is 18.0. The molecule has 0 unspecified atom stereocenters. The highest BCUT2D eigenvalue weighted by Gasteiger charge is 2.21. The Morgan fingerprint density at radius 2 is 1.93 bits per heavy atom. The topological polar surface area (TPSA) is 93.8 Å². The van der Waals surface area contributed by atoms with E-state index in [-0.39, 0.29) is 18.1 Å². The van der Waals surface area contributed by atoms with Crippen molar-refractivity contribution in [3.63, 3.8) is 0 Å². The molecule has 3 heterocycles. The van der Waals surface area contributed by atoms with Crippen molar-refractivity contribution in [1.82, 2.24) is 19.2 Å². The van der Waals surface area contributed by atoms with E-state index < -0.39 is 0 Å². The minimum atomic E-state index is -0.366. The molecule has 146 valence electrons. The van der Waals surface area contributed by atoms with Gasteiger partial charge in [-0.1, -0.05) is 0 Å². The van der Waals surface area contributed by atoms with Crippen LogP contribution in [0.15, 0.2) is 35.1 Å². The monoisotopic (exact) mass is 382 g/mol. The van der Waals surface area contributed by atoms with Gasteiger partial charge in [-0.25, -0.2) is 18.9 Å². The van der Waals surface area contributed by atoms with Crippen molar-refractivity contribution in [3.05, 3.63) is 46.5 Å². The van der Waals surface area contributed by atoms with Crippen molar-refractivity contribution in [1.29, 1.82) is 0 Å². The molecule has 0 spiro atoms. The predicted molar refractivity (Wildman–Crippen MR) is 105 cm³/mol. The lowest BCUT2D eigenvalue weighted by Crippen LogP contribution is -2.31. The number of rotatable bonds is 5. The van der Waals surface area contributed by atoms with Crippen molar-refractivity contribution < 1.29 is 9.53 Å². The first-order valence-electron chi connectivity index (χ1n) is 9.21. The number of aromatic nitrogens is 4. The molecular formula is C19H22N6O3. The Balaban J connectivity index is 1.60. The van der Waals surface area contributed by atoms with Crippen LogP contribution < -0.4 is 20.6 Å². The number of nitrogens with one attached hydrogen (secondary N) is 1. The number of benzene rings is 1. The third-order valence-electron chi connectivity index (χ3n) is 4.73. The van der Waals surface area contributed by atoms with E-state index >= 15 is 0 Å². The van der Waals surface area contributed by atoms with Gasteiger partial charge >= 0.3 is 5.69 Å². The quantitative estimate of drug-likeness (QED) is 0.718. The van der Waals surface area contributed by atoms with Gasteiger partial charge in [-0.15, -0.1) is 5.10 Å². The largest absolute Gasteiger partial charge is 0.497 e. The van der Waals surface area contributed by atoms with E-state index in [1.165, 1.54) is 9.08 Å². The molecule has 4 rings (SSSR count). The van der Waals surface area contributed by atoms with Gasteiger partial charge in [-0.3, -0.25) is 4.79 Å². The summed E-state index contributed by atoms with van der Waals surface area (Å²) in [5, 5.41) is 7.10. The number of ether oxygens (including phenoxy) is 1. The number of amides is 1. The van der Waals surface area contributed by atoms with Crippen LogP contribution >= 0.6 is 0 Å². The van der Waals surface area contributed by atoms with Crippen molar-refractivity contribution in [2.24, 2.45) is 0 Å². The smallest absolute Gasteiger partial charge is 0.353 e. The zero-order chi connectivity index (χ0) is 19.7. The van der Waals surface area contributed by atoms with Crippen LogP contribution in [0.25, 0.3) is 5.65 Å². The summed E-state index contributed by atoms with van der Waals surface area (Å²) in [6.07, 6.45) is 2.15. The molecule has 1 saturated heterocycles. The highest BCUT2D eigenvalue weighted by Crippen LogP contribution is 2.19. The summed E-state index contributed by atoms with van der Waals surface area (Å²) in [5.74, 6) is 0.967. The molecule has 1 amide bonds. The van der Waals surface area contributed by atoms with E-state index in [1.807, 2.05) is 6.92 Å². The highest BCUT2D eigenvalue weighted by atomic mass is 16.5. The van der Waals surface area contributed by atoms with Crippen LogP contribution in [0.3, 0.4) is 0 Å². The summed E-state index contributed by atoms with van der Waals surface area (Å²) in [6.45, 7) is 3.42. The lowest BCUT2D eigenvalue weighted by molar-refractivity contribution is -0.117. The second-order valence-electron chi connectivity index (χ2n) is 6.80. The van der Waals surface area contributed by atoms with Crippen molar-refractivity contribution >= 4 is 23.2 Å². The number of nitrogens with zero attached hydrogens (tertiary/aromatic N) is 5. The fourth-order valence-electron chi connectivity index (χ4n) is 3.38. The Labute approximate surface area is 161 Å². The van der Waals surface area contributed by atoms with Crippen LogP contribution in [0.2, 0.25) is 0 Å². The second-order valence-corrected chi connectivity index (χ2v) is 6.80. The highest BCUT2D eigenvalue weighted by molar-refractivity contribution is 5.90. The normalized spacial score (nSPS) is 13.9. The molecule has 3 aromatic rings. The number of aryl methyl sites for hydroxylation is 1. The lowest BCUT2D eigenvalue weighted by atomic mass is 10.3. The molecule has 1 aromatic carbocycles. The summed E-state index contributed by atoms with van der Waals surface area (Å²) in [7, 11) is 1.58. The summed E-state index contributed by atoms with van der Waals surface area (Å²) >= 11 is 0. The van der Waals surface area contributed by atoms with Crippen LogP contribution in [0, 0.1) is 6.92 Å². The van der Waals surface area contributed by atoms with Gasteiger partial charge in [0.05, 0.1) is 7.11 Å². The van der Waals surface area contributed by atoms with Gasteiger partial charge in [0.1, 0.15) is 12.3 Å². The number of anilines is 2. The molecule has 1 aliphatic rings. The first-order valence-corrected chi connectivity index (χ1v) is 9.21. The minimum absolute atomic E-state index is 0.176. The van der Waals surface area contributed by atoms with Gasteiger partial charge < -0.3 is 15.0 Å². The Morgan fingerprint density at radius 3 is 2.61 bits per heavy atom. The molecular weight excluding hydrogens is 360 g/mol. The Hall–Kier alpha value is -3.36. The lowest BCUT2D eigenvalue weighted by Gasteiger charge is -2.17. The van der Waals surface area contributed by atoms with Gasteiger partial charge in [0.25, 0.3) is 0 Å². The van der Waals surface area contributed by atoms with Gasteiger partial charge in [0.15, 0.2) is 5.65 Å². The van der Waals surface area contributed by atoms with E-state index in [1.54, 1.807) is 37.4 Å². The van der Waals surface area contributed by atoms with Crippen LogP contribution in [0.1, 0.15) is 18.5 Å². The molecule has 0 bridgehead atoms. The molecule has 0 aliphatic carbocycles. The fraction of sp³-hybridized carbons (Fsp3) is 0.368. The van der Waals surface area contributed by atoms with E-state index in [2.05, 4.69) is 20.3 Å². The molecule has 0 atom stereocenters. The number of fused-ring (bicyclic) bond motifs is 1. The summed E-state index contributed by atoms with van der Waals surface area (Å²) in [6, 6.07) is 8.73. The second kappa shape index (κ2) is 7.34. The molecule has 9 heteroatoms. The van der Waals surface area contributed by atoms with Crippen molar-refractivity contribution in [2.45, 2.75) is 26.3 Å². The predicted octanol–water partition coefficient (Wildman–Crippen LogP) is 1.45. The molecule has 9 nitrogen and oxygen atoms in total. The molecule has 0 radical (unpaired) electrons. The van der Waals surface area contributed by atoms with Crippen LogP contribution in [-0.2, 0) is 11.3 Å². The number of carbonyl (C=O) groups is 1. The maximum Gasteiger partial charge on any atom is 0.353 e. The zero-order valence-corrected chi connectivity index (χ0v) is 15.9. The fourth-order valence-corrected chi connectivity index (χ4v) is 3.38. The Bertz CT molecular complexity index is 1060. The number of hydrogen-bond donors (Lipinski definition) is 1. The molecule has 2 aromatic heterocycles. The Kier molecular flexibility index (Phi) is 4.72. The molecule has 1 N–H and O–H groups in total. The van der Waals surface area contributed by atoms with Crippen molar-refractivity contribution in [2.75, 3.05) is 30.4 Å². The molecule has 0 saturated carbocycles. The van der Waals surface area contributed by atoms with Gasteiger partial charge in [0, 0.05) is 30.5 Å². The third-order valence-corrected chi connectivity index (χ3v) is 4.73. The average molecular weight is 382 g/mol. The van der Waals surface area contributed by atoms with Gasteiger partial charge in [-0.2, -0.15) is 0 Å². The summed E-state index contributed by atoms with van der Waals surface area (Å²) in [4.78, 5) is 31.9. The van der Waals surface area contributed by atoms with E-state index in [9.17, 15) is 9.59 Å². The summed E-state index contributed by atoms with van der Waals surface area (Å²) in [5.41, 5.74) is 1.54. The standard InChI is InChI=1S/C19H22N6O3/c1-13-11-16-22-24(12-17(26)21-14-5-7-15(28-2)8-6-14)19(27)25(16)18(20-13)23-9-3-4-10-23/h5-8,11H,3-4,9-10,12H2,1-2H3,(H,21,26). The van der Waals surface area contributed by atoms with Crippen LogP contribution in [0.4, 0.5) is 11.6 Å². The SMILES string of the molecule is COc1ccc(NC(=O)Cn2nc3cc(C)nc(N4CCCC4)n3c2=O)cc1. The maximum absolute atomic E-state index is 12.9. The van der Waals surface area contributed by atoms with E-state index in [0.29, 0.717) is 23.0 Å². The van der Waals surface area contributed by atoms with E-state index in [4.69, 9.17) is 4.74 Å². The number of carbonyl (C=O) groups excluding carboxylic acids is 1. The third kappa shape index (κ3) is 3.42. The van der Waals surface area contributed by atoms with Gasteiger partial charge in [0.2, 0.25) is 11.9 Å². The van der Waals surface area contributed by atoms with Crippen molar-refractivity contribution in [3.8, 4) is 5.75 Å². The first-order chi connectivity index (χ1) is 13.5. The Morgan fingerprint density at radius 1 is 1.21 bits per heavy atom. The summed E-state index contributed by atoms with van der Waals surface area (Å²) < 4.78 is 7.76.